The Morgan fingerprint density at radius 2 is 2.11 bits per heavy atom. The first-order valence-electron chi connectivity index (χ1n) is 6.38. The number of benzene rings is 1. The summed E-state index contributed by atoms with van der Waals surface area (Å²) in [5, 5.41) is 0. The molecule has 2 N–H and O–H groups in total. The van der Waals surface area contributed by atoms with Gasteiger partial charge >= 0.3 is 0 Å². The van der Waals surface area contributed by atoms with E-state index in [0.717, 1.165) is 32.7 Å². The predicted molar refractivity (Wildman–Crippen MR) is 76.6 cm³/mol. The number of ether oxygens (including phenoxy) is 1. The van der Waals surface area contributed by atoms with Crippen LogP contribution in [0.4, 0.5) is 0 Å². The number of nitrogens with two attached hydrogens (primary N) is 1. The number of hydrogen-bond donors (Lipinski definition) is 1. The van der Waals surface area contributed by atoms with Crippen LogP contribution in [0.1, 0.15) is 5.56 Å². The second kappa shape index (κ2) is 8.86. The second-order valence-electron chi connectivity index (χ2n) is 4.49. The van der Waals surface area contributed by atoms with Gasteiger partial charge in [-0.25, -0.2) is 0 Å². The normalized spacial score (nSPS) is 12.6. The fourth-order valence-electron chi connectivity index (χ4n) is 1.97. The molecule has 1 unspecified atom stereocenters. The summed E-state index contributed by atoms with van der Waals surface area (Å²) >= 11 is 0. The molecule has 1 aromatic rings. The molecule has 1 rings (SSSR count). The van der Waals surface area contributed by atoms with Gasteiger partial charge in [-0.05, 0) is 12.0 Å². The van der Waals surface area contributed by atoms with Crippen molar-refractivity contribution in [1.82, 2.24) is 4.90 Å². The minimum absolute atomic E-state index is 0.143. The van der Waals surface area contributed by atoms with Gasteiger partial charge in [0.2, 0.25) is 0 Å². The molecule has 0 fully saturated rings. The largest absolute Gasteiger partial charge is 0.383 e. The van der Waals surface area contributed by atoms with Gasteiger partial charge in [0.1, 0.15) is 0 Å². The van der Waals surface area contributed by atoms with Crippen LogP contribution in [-0.2, 0) is 11.2 Å². The van der Waals surface area contributed by atoms with E-state index >= 15 is 0 Å². The van der Waals surface area contributed by atoms with Crippen molar-refractivity contribution in [3.63, 3.8) is 0 Å². The lowest BCUT2D eigenvalue weighted by molar-refractivity contribution is 0.150. The van der Waals surface area contributed by atoms with Crippen molar-refractivity contribution in [3.8, 4) is 0 Å². The highest BCUT2D eigenvalue weighted by molar-refractivity contribution is 5.15. The van der Waals surface area contributed by atoms with Crippen molar-refractivity contribution in [2.24, 2.45) is 5.73 Å². The summed E-state index contributed by atoms with van der Waals surface area (Å²) in [5.74, 6) is 0. The van der Waals surface area contributed by atoms with E-state index < -0.39 is 0 Å². The minimum atomic E-state index is 0.143. The molecular formula is C15H24N2O. The van der Waals surface area contributed by atoms with Crippen LogP contribution in [0.25, 0.3) is 0 Å². The first kappa shape index (κ1) is 14.9. The van der Waals surface area contributed by atoms with Crippen molar-refractivity contribution < 1.29 is 4.74 Å². The van der Waals surface area contributed by atoms with Crippen LogP contribution in [0.3, 0.4) is 0 Å². The first-order chi connectivity index (χ1) is 8.76. The maximum Gasteiger partial charge on any atom is 0.0589 e. The van der Waals surface area contributed by atoms with Gasteiger partial charge in [0.25, 0.3) is 0 Å². The van der Waals surface area contributed by atoms with E-state index in [4.69, 9.17) is 10.5 Å². The van der Waals surface area contributed by atoms with Gasteiger partial charge in [-0.3, -0.25) is 4.90 Å². The van der Waals surface area contributed by atoms with Crippen LogP contribution in [0.5, 0.6) is 0 Å². The lowest BCUT2D eigenvalue weighted by atomic mass is 10.1. The average Bonchev–Trinajstić information content (AvgIpc) is 2.37. The topological polar surface area (TPSA) is 38.5 Å². The number of methoxy groups -OCH3 is 1. The highest BCUT2D eigenvalue weighted by atomic mass is 16.5. The molecule has 0 radical (unpaired) electrons. The van der Waals surface area contributed by atoms with Crippen LogP contribution in [0.2, 0.25) is 0 Å². The van der Waals surface area contributed by atoms with Crippen LogP contribution >= 0.6 is 0 Å². The number of rotatable bonds is 9. The van der Waals surface area contributed by atoms with Gasteiger partial charge in [-0.1, -0.05) is 36.4 Å². The third-order valence-electron chi connectivity index (χ3n) is 2.83. The van der Waals surface area contributed by atoms with Crippen LogP contribution < -0.4 is 5.73 Å². The van der Waals surface area contributed by atoms with Crippen LogP contribution in [-0.4, -0.2) is 44.3 Å². The molecule has 0 saturated heterocycles. The molecular weight excluding hydrogens is 224 g/mol. The lowest BCUT2D eigenvalue weighted by Crippen LogP contribution is -2.40. The van der Waals surface area contributed by atoms with Crippen molar-refractivity contribution in [2.75, 3.05) is 33.4 Å². The minimum Gasteiger partial charge on any atom is -0.383 e. The van der Waals surface area contributed by atoms with Crippen molar-refractivity contribution in [1.29, 1.82) is 0 Å². The van der Waals surface area contributed by atoms with Crippen molar-refractivity contribution in [3.05, 3.63) is 48.6 Å². The van der Waals surface area contributed by atoms with Gasteiger partial charge in [-0.15, -0.1) is 6.58 Å². The van der Waals surface area contributed by atoms with E-state index in [0.29, 0.717) is 0 Å². The Kier molecular flexibility index (Phi) is 7.34. The van der Waals surface area contributed by atoms with Crippen molar-refractivity contribution in [2.45, 2.75) is 12.5 Å². The Bertz CT molecular complexity index is 327. The van der Waals surface area contributed by atoms with Gasteiger partial charge in [-0.2, -0.15) is 0 Å². The van der Waals surface area contributed by atoms with Gasteiger partial charge in [0.15, 0.2) is 0 Å². The number of hydrogen-bond acceptors (Lipinski definition) is 3. The Morgan fingerprint density at radius 1 is 1.39 bits per heavy atom. The van der Waals surface area contributed by atoms with Crippen molar-refractivity contribution >= 4 is 0 Å². The third kappa shape index (κ3) is 5.96. The van der Waals surface area contributed by atoms with E-state index in [-0.39, 0.29) is 6.04 Å². The molecule has 0 aliphatic carbocycles. The Morgan fingerprint density at radius 3 is 2.72 bits per heavy atom. The molecule has 1 atom stereocenters. The summed E-state index contributed by atoms with van der Waals surface area (Å²) in [5.41, 5.74) is 7.48. The van der Waals surface area contributed by atoms with Gasteiger partial charge in [0.05, 0.1) is 6.61 Å². The molecule has 0 heterocycles. The average molecular weight is 248 g/mol. The SMILES string of the molecule is C=CCN(CCOC)CC(N)Cc1ccccc1. The summed E-state index contributed by atoms with van der Waals surface area (Å²) in [6.07, 6.45) is 2.81. The Labute approximate surface area is 110 Å². The van der Waals surface area contributed by atoms with Crippen LogP contribution in [0, 0.1) is 0 Å². The second-order valence-corrected chi connectivity index (χ2v) is 4.49. The third-order valence-corrected chi connectivity index (χ3v) is 2.83. The molecule has 18 heavy (non-hydrogen) atoms. The zero-order chi connectivity index (χ0) is 13.2. The molecule has 3 nitrogen and oxygen atoms in total. The molecule has 0 aliphatic heterocycles. The smallest absolute Gasteiger partial charge is 0.0589 e. The molecule has 0 spiro atoms. The van der Waals surface area contributed by atoms with E-state index in [2.05, 4.69) is 35.7 Å². The first-order valence-corrected chi connectivity index (χ1v) is 6.38. The number of nitrogens with zero attached hydrogens (tertiary/aromatic N) is 1. The fourth-order valence-corrected chi connectivity index (χ4v) is 1.97. The van der Waals surface area contributed by atoms with E-state index in [1.807, 2.05) is 12.1 Å². The highest BCUT2D eigenvalue weighted by Crippen LogP contribution is 2.03. The van der Waals surface area contributed by atoms with Gasteiger partial charge < -0.3 is 10.5 Å². The molecule has 0 aromatic heterocycles. The Hall–Kier alpha value is -1.16. The molecule has 3 heteroatoms. The maximum atomic E-state index is 6.19. The zero-order valence-corrected chi connectivity index (χ0v) is 11.2. The molecule has 0 amide bonds. The summed E-state index contributed by atoms with van der Waals surface area (Å²) in [7, 11) is 1.72. The van der Waals surface area contributed by atoms with Gasteiger partial charge in [0, 0.05) is 32.8 Å². The van der Waals surface area contributed by atoms with Crippen LogP contribution in [0.15, 0.2) is 43.0 Å². The quantitative estimate of drug-likeness (QED) is 0.676. The predicted octanol–water partition coefficient (Wildman–Crippen LogP) is 1.69. The summed E-state index contributed by atoms with van der Waals surface area (Å²) in [6, 6.07) is 10.5. The summed E-state index contributed by atoms with van der Waals surface area (Å²) in [4.78, 5) is 2.27. The molecule has 0 bridgehead atoms. The highest BCUT2D eigenvalue weighted by Gasteiger charge is 2.09. The molecule has 0 saturated carbocycles. The monoisotopic (exact) mass is 248 g/mol. The Balaban J connectivity index is 2.40. The molecule has 0 aliphatic rings. The standard InChI is InChI=1S/C15H24N2O/c1-3-9-17(10-11-18-2)13-15(16)12-14-7-5-4-6-8-14/h3-8,15H,1,9-13,16H2,2H3. The molecule has 1 aromatic carbocycles. The summed E-state index contributed by atoms with van der Waals surface area (Å²) in [6.45, 7) is 7.12. The fraction of sp³-hybridized carbons (Fsp3) is 0.467. The van der Waals surface area contributed by atoms with E-state index in [1.54, 1.807) is 7.11 Å². The summed E-state index contributed by atoms with van der Waals surface area (Å²) < 4.78 is 5.10. The van der Waals surface area contributed by atoms with E-state index in [1.165, 1.54) is 5.56 Å². The van der Waals surface area contributed by atoms with E-state index in [9.17, 15) is 0 Å². The zero-order valence-electron chi connectivity index (χ0n) is 11.2. The lowest BCUT2D eigenvalue weighted by Gasteiger charge is -2.24. The maximum absolute atomic E-state index is 6.19. The molecule has 100 valence electrons.